The second kappa shape index (κ2) is 7.18. The summed E-state index contributed by atoms with van der Waals surface area (Å²) in [7, 11) is 0. The van der Waals surface area contributed by atoms with Crippen LogP contribution in [0.15, 0.2) is 70.8 Å². The van der Waals surface area contributed by atoms with E-state index in [1.54, 1.807) is 30.3 Å². The molecule has 4 heterocycles. The Morgan fingerprint density at radius 1 is 0.969 bits per heavy atom. The molecule has 0 saturated heterocycles. The molecule has 0 aliphatic carbocycles. The molecule has 6 rings (SSSR count). The molecule has 1 aliphatic heterocycles. The number of hydrogen-bond donors (Lipinski definition) is 0. The molecule has 1 amide bonds. The second-order valence-corrected chi connectivity index (χ2v) is 9.14. The van der Waals surface area contributed by atoms with E-state index >= 15 is 0 Å². The number of fused-ring (bicyclic) bond motifs is 2. The first kappa shape index (κ1) is 19.0. The molecule has 0 unspecified atom stereocenters. The fourth-order valence-electron chi connectivity index (χ4n) is 3.85. The Morgan fingerprint density at radius 2 is 1.78 bits per heavy atom. The maximum atomic E-state index is 14.3. The first-order chi connectivity index (χ1) is 15.6. The van der Waals surface area contributed by atoms with Crippen LogP contribution in [0.25, 0.3) is 21.2 Å². The van der Waals surface area contributed by atoms with E-state index in [2.05, 4.69) is 10.1 Å². The Kier molecular flexibility index (Phi) is 4.27. The van der Waals surface area contributed by atoms with Crippen molar-refractivity contribution in [3.8, 4) is 10.7 Å². The summed E-state index contributed by atoms with van der Waals surface area (Å²) in [6, 6.07) is 17.4. The molecule has 0 fully saturated rings. The van der Waals surface area contributed by atoms with Crippen LogP contribution in [0.4, 0.5) is 10.1 Å². The summed E-state index contributed by atoms with van der Waals surface area (Å²) in [5, 5.41) is 6.27. The van der Waals surface area contributed by atoms with Crippen LogP contribution in [0.3, 0.4) is 0 Å². The summed E-state index contributed by atoms with van der Waals surface area (Å²) in [6.07, 6.45) is 0. The number of para-hydroxylation sites is 1. The number of thiophene rings is 1. The molecule has 156 valence electrons. The minimum absolute atomic E-state index is 0.0729. The van der Waals surface area contributed by atoms with Gasteiger partial charge in [-0.1, -0.05) is 53.8 Å². The molecule has 3 aromatic heterocycles. The monoisotopic (exact) mass is 460 g/mol. The van der Waals surface area contributed by atoms with Gasteiger partial charge in [-0.3, -0.25) is 9.59 Å². The Labute approximate surface area is 188 Å². The molecule has 32 heavy (non-hydrogen) atoms. The molecule has 0 bridgehead atoms. The summed E-state index contributed by atoms with van der Waals surface area (Å²) in [6.45, 7) is 0.0729. The summed E-state index contributed by atoms with van der Waals surface area (Å²) >= 11 is 2.63. The first-order valence-corrected chi connectivity index (χ1v) is 11.4. The van der Waals surface area contributed by atoms with Crippen LogP contribution in [-0.2, 0) is 11.3 Å². The van der Waals surface area contributed by atoms with E-state index in [4.69, 9.17) is 0 Å². The Bertz CT molecular complexity index is 1620. The second-order valence-electron chi connectivity index (χ2n) is 7.22. The van der Waals surface area contributed by atoms with Gasteiger partial charge in [0.15, 0.2) is 5.82 Å². The van der Waals surface area contributed by atoms with Crippen molar-refractivity contribution in [3.63, 3.8) is 0 Å². The SMILES string of the molecule is O=C1/C(=c2\sc3nc(-c4cccs4)nn3c2=O)c2ccccc2N1Cc1ccccc1F. The molecular formula is C23H13FN4O2S2. The van der Waals surface area contributed by atoms with E-state index in [-0.39, 0.29) is 28.4 Å². The van der Waals surface area contributed by atoms with Gasteiger partial charge >= 0.3 is 0 Å². The number of carbonyl (C=O) groups excluding carboxylic acids is 1. The number of thiazole rings is 1. The predicted molar refractivity (Wildman–Crippen MR) is 122 cm³/mol. The number of halogens is 1. The smallest absolute Gasteiger partial charge is 0.291 e. The maximum absolute atomic E-state index is 14.3. The lowest BCUT2D eigenvalue weighted by molar-refractivity contribution is -0.113. The number of aromatic nitrogens is 3. The van der Waals surface area contributed by atoms with Crippen molar-refractivity contribution in [2.24, 2.45) is 0 Å². The van der Waals surface area contributed by atoms with Gasteiger partial charge in [-0.15, -0.1) is 16.4 Å². The van der Waals surface area contributed by atoms with E-state index < -0.39 is 0 Å². The van der Waals surface area contributed by atoms with E-state index in [0.29, 0.717) is 33.2 Å². The zero-order valence-corrected chi connectivity index (χ0v) is 18.0. The number of carbonyl (C=O) groups is 1. The maximum Gasteiger partial charge on any atom is 0.291 e. The van der Waals surface area contributed by atoms with Gasteiger partial charge in [0.1, 0.15) is 10.3 Å². The Hall–Kier alpha value is -3.69. The minimum atomic E-state index is -0.383. The molecule has 0 radical (unpaired) electrons. The highest BCUT2D eigenvalue weighted by Gasteiger charge is 2.34. The van der Waals surface area contributed by atoms with E-state index in [1.807, 2.05) is 29.6 Å². The number of amides is 1. The molecule has 2 aromatic carbocycles. The van der Waals surface area contributed by atoms with Crippen molar-refractivity contribution in [2.75, 3.05) is 4.90 Å². The fraction of sp³-hybridized carbons (Fsp3) is 0.0435. The van der Waals surface area contributed by atoms with Crippen LogP contribution in [0.5, 0.6) is 0 Å². The van der Waals surface area contributed by atoms with Gasteiger partial charge in [-0.05, 0) is 23.6 Å². The lowest BCUT2D eigenvalue weighted by atomic mass is 10.1. The van der Waals surface area contributed by atoms with Gasteiger partial charge in [-0.2, -0.15) is 9.50 Å². The summed E-state index contributed by atoms with van der Waals surface area (Å²) in [5.74, 6) is -0.232. The molecule has 6 nitrogen and oxygen atoms in total. The van der Waals surface area contributed by atoms with Crippen molar-refractivity contribution in [1.29, 1.82) is 0 Å². The average molecular weight is 461 g/mol. The van der Waals surface area contributed by atoms with Gasteiger partial charge in [0, 0.05) is 11.1 Å². The van der Waals surface area contributed by atoms with Crippen LogP contribution >= 0.6 is 22.7 Å². The highest BCUT2D eigenvalue weighted by Crippen LogP contribution is 2.36. The highest BCUT2D eigenvalue weighted by atomic mass is 32.1. The zero-order valence-electron chi connectivity index (χ0n) is 16.4. The van der Waals surface area contributed by atoms with Gasteiger partial charge in [0.25, 0.3) is 11.5 Å². The standard InChI is InChI=1S/C23H13FN4O2S2/c24-15-8-3-1-6-13(15)12-27-16-9-4-2-7-14(16)18(21(27)29)19-22(30)28-23(32-19)25-20(26-28)17-10-5-11-31-17/h1-11H,12H2/b19-18-. The number of benzene rings is 2. The number of hydrogen-bond acceptors (Lipinski definition) is 6. The van der Waals surface area contributed by atoms with Crippen LogP contribution < -0.4 is 15.0 Å². The summed E-state index contributed by atoms with van der Waals surface area (Å²) in [4.78, 5) is 34.0. The lowest BCUT2D eigenvalue weighted by Gasteiger charge is -2.17. The Morgan fingerprint density at radius 3 is 2.56 bits per heavy atom. The van der Waals surface area contributed by atoms with Crippen molar-refractivity contribution < 1.29 is 9.18 Å². The van der Waals surface area contributed by atoms with Crippen LogP contribution in [0.1, 0.15) is 11.1 Å². The molecule has 0 atom stereocenters. The largest absolute Gasteiger partial charge is 0.303 e. The fourth-order valence-corrected chi connectivity index (χ4v) is 5.50. The molecule has 1 aliphatic rings. The normalized spacial score (nSPS) is 15.0. The third-order valence-corrected chi connectivity index (χ3v) is 7.23. The van der Waals surface area contributed by atoms with Crippen molar-refractivity contribution in [1.82, 2.24) is 14.6 Å². The third-order valence-electron chi connectivity index (χ3n) is 5.34. The number of nitrogens with zero attached hydrogens (tertiary/aromatic N) is 4. The van der Waals surface area contributed by atoms with Gasteiger partial charge in [0.2, 0.25) is 4.96 Å². The first-order valence-electron chi connectivity index (χ1n) is 9.74. The molecule has 0 spiro atoms. The van der Waals surface area contributed by atoms with Crippen LogP contribution in [0, 0.1) is 5.82 Å². The summed E-state index contributed by atoms with van der Waals surface area (Å²) in [5.41, 5.74) is 1.62. The molecular weight excluding hydrogens is 447 g/mol. The highest BCUT2D eigenvalue weighted by molar-refractivity contribution is 7.15. The average Bonchev–Trinajstić information content (AvgIpc) is 3.56. The number of rotatable bonds is 3. The van der Waals surface area contributed by atoms with Gasteiger partial charge in [-0.25, -0.2) is 4.39 Å². The van der Waals surface area contributed by atoms with Crippen LogP contribution in [-0.4, -0.2) is 20.5 Å². The van der Waals surface area contributed by atoms with E-state index in [1.165, 1.54) is 26.8 Å². The van der Waals surface area contributed by atoms with Crippen LogP contribution in [0.2, 0.25) is 0 Å². The molecule has 5 aromatic rings. The minimum Gasteiger partial charge on any atom is -0.303 e. The van der Waals surface area contributed by atoms with E-state index in [0.717, 1.165) is 16.2 Å². The molecule has 9 heteroatoms. The van der Waals surface area contributed by atoms with E-state index in [9.17, 15) is 14.0 Å². The van der Waals surface area contributed by atoms with Crippen molar-refractivity contribution in [2.45, 2.75) is 6.54 Å². The summed E-state index contributed by atoms with van der Waals surface area (Å²) < 4.78 is 15.8. The molecule has 0 saturated carbocycles. The lowest BCUT2D eigenvalue weighted by Crippen LogP contribution is -2.32. The zero-order chi connectivity index (χ0) is 21.8. The van der Waals surface area contributed by atoms with Gasteiger partial charge < -0.3 is 4.90 Å². The topological polar surface area (TPSA) is 67.6 Å². The predicted octanol–water partition coefficient (Wildman–Crippen LogP) is 3.48. The molecule has 0 N–H and O–H groups in total. The van der Waals surface area contributed by atoms with Gasteiger partial charge in [0.05, 0.1) is 22.7 Å². The van der Waals surface area contributed by atoms with Crippen molar-refractivity contribution >= 4 is 44.8 Å². The number of anilines is 1. The quantitative estimate of drug-likeness (QED) is 0.414. The Balaban J connectivity index is 1.52. The van der Waals surface area contributed by atoms with Crippen molar-refractivity contribution in [3.05, 3.63) is 97.9 Å². The third kappa shape index (κ3) is 2.82.